The zero-order valence-electron chi connectivity index (χ0n) is 18.9. The maximum atomic E-state index is 13.3. The predicted octanol–water partition coefficient (Wildman–Crippen LogP) is 3.26. The molecule has 1 amide bonds. The lowest BCUT2D eigenvalue weighted by Crippen LogP contribution is -2.36. The van der Waals surface area contributed by atoms with Gasteiger partial charge >= 0.3 is 0 Å². The number of aryl methyl sites for hydroxylation is 1. The van der Waals surface area contributed by atoms with E-state index in [2.05, 4.69) is 39.1 Å². The van der Waals surface area contributed by atoms with Crippen molar-refractivity contribution in [3.8, 4) is 5.88 Å². The SMILES string of the molecule is COCc1nc(OC)c2c(C)c(C(=O)N(C)Cc3ccc(N4CCOCC4)cc3)sc2n1. The number of nitrogens with zero attached hydrogens (tertiary/aromatic N) is 4. The van der Waals surface area contributed by atoms with Gasteiger partial charge in [0.15, 0.2) is 5.82 Å². The Morgan fingerprint density at radius 1 is 1.19 bits per heavy atom. The Labute approximate surface area is 191 Å². The molecule has 3 aromatic rings. The second-order valence-corrected chi connectivity index (χ2v) is 8.74. The number of hydrogen-bond donors (Lipinski definition) is 0. The summed E-state index contributed by atoms with van der Waals surface area (Å²) in [6, 6.07) is 8.39. The largest absolute Gasteiger partial charge is 0.480 e. The lowest BCUT2D eigenvalue weighted by molar-refractivity contribution is 0.0789. The number of morpholine rings is 1. The van der Waals surface area contributed by atoms with Crippen LogP contribution in [0.15, 0.2) is 24.3 Å². The maximum absolute atomic E-state index is 13.3. The number of hydrogen-bond acceptors (Lipinski definition) is 8. The molecule has 9 heteroatoms. The minimum atomic E-state index is -0.0434. The Balaban J connectivity index is 1.52. The van der Waals surface area contributed by atoms with Crippen molar-refractivity contribution in [3.05, 3.63) is 46.1 Å². The highest BCUT2D eigenvalue weighted by Gasteiger charge is 2.23. The summed E-state index contributed by atoms with van der Waals surface area (Å²) in [6.07, 6.45) is 0. The number of aromatic nitrogens is 2. The molecule has 3 heterocycles. The van der Waals surface area contributed by atoms with E-state index in [1.165, 1.54) is 17.0 Å². The minimum absolute atomic E-state index is 0.0434. The van der Waals surface area contributed by atoms with Gasteiger partial charge in [0.1, 0.15) is 11.4 Å². The molecule has 1 aromatic carbocycles. The lowest BCUT2D eigenvalue weighted by Gasteiger charge is -2.29. The first-order chi connectivity index (χ1) is 15.5. The zero-order valence-corrected chi connectivity index (χ0v) is 19.7. The van der Waals surface area contributed by atoms with E-state index in [9.17, 15) is 4.79 Å². The van der Waals surface area contributed by atoms with Crippen molar-refractivity contribution in [2.75, 3.05) is 52.5 Å². The molecule has 0 unspecified atom stereocenters. The van der Waals surface area contributed by atoms with Gasteiger partial charge in [-0.3, -0.25) is 4.79 Å². The van der Waals surface area contributed by atoms with E-state index < -0.39 is 0 Å². The fraction of sp³-hybridized carbons (Fsp3) is 0.435. The number of rotatable bonds is 7. The first kappa shape index (κ1) is 22.4. The van der Waals surface area contributed by atoms with E-state index in [1.54, 1.807) is 19.1 Å². The Kier molecular flexibility index (Phi) is 6.88. The Morgan fingerprint density at radius 3 is 2.56 bits per heavy atom. The van der Waals surface area contributed by atoms with Gasteiger partial charge in [-0.25, -0.2) is 4.98 Å². The lowest BCUT2D eigenvalue weighted by atomic mass is 10.1. The van der Waals surface area contributed by atoms with E-state index in [4.69, 9.17) is 14.2 Å². The highest BCUT2D eigenvalue weighted by atomic mass is 32.1. The molecule has 0 bridgehead atoms. The van der Waals surface area contributed by atoms with Gasteiger partial charge in [-0.15, -0.1) is 11.3 Å². The van der Waals surface area contributed by atoms with Gasteiger partial charge in [0.05, 0.1) is 30.6 Å². The molecule has 1 fully saturated rings. The highest BCUT2D eigenvalue weighted by Crippen LogP contribution is 2.35. The van der Waals surface area contributed by atoms with Crippen molar-refractivity contribution in [1.29, 1.82) is 0 Å². The molecule has 8 nitrogen and oxygen atoms in total. The average Bonchev–Trinajstić information content (AvgIpc) is 3.15. The van der Waals surface area contributed by atoms with Gasteiger partial charge < -0.3 is 24.0 Å². The summed E-state index contributed by atoms with van der Waals surface area (Å²) < 4.78 is 16.0. The van der Waals surface area contributed by atoms with Crippen molar-refractivity contribution in [2.24, 2.45) is 0 Å². The number of benzene rings is 1. The number of carbonyl (C=O) groups is 1. The topological polar surface area (TPSA) is 77.0 Å². The Morgan fingerprint density at radius 2 is 1.91 bits per heavy atom. The minimum Gasteiger partial charge on any atom is -0.480 e. The molecule has 0 spiro atoms. The highest BCUT2D eigenvalue weighted by molar-refractivity contribution is 7.20. The molecule has 0 saturated carbocycles. The number of fused-ring (bicyclic) bond motifs is 1. The Hall–Kier alpha value is -2.75. The van der Waals surface area contributed by atoms with Crippen molar-refractivity contribution >= 4 is 33.1 Å². The van der Waals surface area contributed by atoms with Crippen molar-refractivity contribution in [1.82, 2.24) is 14.9 Å². The number of amides is 1. The monoisotopic (exact) mass is 456 g/mol. The van der Waals surface area contributed by atoms with Gasteiger partial charge in [-0.1, -0.05) is 12.1 Å². The van der Waals surface area contributed by atoms with E-state index in [0.717, 1.165) is 47.6 Å². The van der Waals surface area contributed by atoms with Crippen LogP contribution < -0.4 is 9.64 Å². The fourth-order valence-corrected chi connectivity index (χ4v) is 5.03. The molecule has 1 saturated heterocycles. The van der Waals surface area contributed by atoms with Crippen LogP contribution >= 0.6 is 11.3 Å². The fourth-order valence-electron chi connectivity index (χ4n) is 3.84. The Bertz CT molecular complexity index is 1090. The van der Waals surface area contributed by atoms with Crippen LogP contribution in [0.3, 0.4) is 0 Å². The number of methoxy groups -OCH3 is 2. The first-order valence-electron chi connectivity index (χ1n) is 10.5. The second-order valence-electron chi connectivity index (χ2n) is 7.75. The van der Waals surface area contributed by atoms with Gasteiger partial charge in [0.2, 0.25) is 5.88 Å². The average molecular weight is 457 g/mol. The number of thiophene rings is 1. The molecule has 32 heavy (non-hydrogen) atoms. The number of ether oxygens (including phenoxy) is 3. The molecule has 0 N–H and O–H groups in total. The number of anilines is 1. The summed E-state index contributed by atoms with van der Waals surface area (Å²) in [5.74, 6) is 0.958. The van der Waals surface area contributed by atoms with Gasteiger partial charge in [0, 0.05) is 39.5 Å². The third-order valence-corrected chi connectivity index (χ3v) is 6.72. The molecule has 1 aliphatic heterocycles. The van der Waals surface area contributed by atoms with Gasteiger partial charge in [-0.05, 0) is 30.2 Å². The molecular formula is C23H28N4O4S. The summed E-state index contributed by atoms with van der Waals surface area (Å²) in [4.78, 5) is 27.7. The third-order valence-electron chi connectivity index (χ3n) is 5.54. The maximum Gasteiger partial charge on any atom is 0.264 e. The van der Waals surface area contributed by atoms with Gasteiger partial charge in [0.25, 0.3) is 5.91 Å². The molecule has 0 atom stereocenters. The van der Waals surface area contributed by atoms with E-state index >= 15 is 0 Å². The predicted molar refractivity (Wildman–Crippen MR) is 125 cm³/mol. The van der Waals surface area contributed by atoms with Gasteiger partial charge in [-0.2, -0.15) is 4.98 Å². The molecule has 1 aliphatic rings. The molecular weight excluding hydrogens is 428 g/mol. The summed E-state index contributed by atoms with van der Waals surface area (Å²) in [7, 11) is 4.99. The standard InChI is InChI=1S/C23H28N4O4S/c1-15-19-21(30-4)24-18(14-29-3)25-22(19)32-20(15)23(28)26(2)13-16-5-7-17(8-6-16)27-9-11-31-12-10-27/h5-8H,9-14H2,1-4H3. The quantitative estimate of drug-likeness (QED) is 0.540. The number of carbonyl (C=O) groups excluding carboxylic acids is 1. The van der Waals surface area contributed by atoms with Crippen LogP contribution in [-0.4, -0.2) is 68.3 Å². The van der Waals surface area contributed by atoms with Crippen LogP contribution in [0, 0.1) is 6.92 Å². The summed E-state index contributed by atoms with van der Waals surface area (Å²) in [5, 5.41) is 0.781. The van der Waals surface area contributed by atoms with Crippen LogP contribution in [0.5, 0.6) is 5.88 Å². The molecule has 0 radical (unpaired) electrons. The normalized spacial score (nSPS) is 14.1. The van der Waals surface area contributed by atoms with E-state index in [1.807, 2.05) is 14.0 Å². The first-order valence-corrected chi connectivity index (χ1v) is 11.3. The smallest absolute Gasteiger partial charge is 0.264 e. The molecule has 170 valence electrons. The van der Waals surface area contributed by atoms with Crippen molar-refractivity contribution in [3.63, 3.8) is 0 Å². The van der Waals surface area contributed by atoms with Crippen molar-refractivity contribution < 1.29 is 19.0 Å². The molecule has 4 rings (SSSR count). The van der Waals surface area contributed by atoms with Crippen LogP contribution in [0.2, 0.25) is 0 Å². The van der Waals surface area contributed by atoms with Crippen LogP contribution in [0.1, 0.15) is 26.6 Å². The van der Waals surface area contributed by atoms with Crippen molar-refractivity contribution in [2.45, 2.75) is 20.1 Å². The molecule has 2 aromatic heterocycles. The van der Waals surface area contributed by atoms with Crippen LogP contribution in [0.4, 0.5) is 5.69 Å². The van der Waals surface area contributed by atoms with Crippen LogP contribution in [-0.2, 0) is 22.6 Å². The van der Waals surface area contributed by atoms with E-state index in [0.29, 0.717) is 23.1 Å². The summed E-state index contributed by atoms with van der Waals surface area (Å²) in [5.41, 5.74) is 3.10. The second kappa shape index (κ2) is 9.81. The van der Waals surface area contributed by atoms with Crippen LogP contribution in [0.25, 0.3) is 10.2 Å². The summed E-state index contributed by atoms with van der Waals surface area (Å²) in [6.45, 7) is 6.05. The van der Waals surface area contributed by atoms with E-state index in [-0.39, 0.29) is 12.5 Å². The third kappa shape index (κ3) is 4.55. The summed E-state index contributed by atoms with van der Waals surface area (Å²) >= 11 is 1.37. The zero-order chi connectivity index (χ0) is 22.7. The molecule has 0 aliphatic carbocycles.